The van der Waals surface area contributed by atoms with Crippen LogP contribution in [0, 0.1) is 5.41 Å². The first-order valence-corrected chi connectivity index (χ1v) is 10.2. The SMILES string of the molecule is CC(c1nc([NH2+]C2CCOCC2)c(C=N)c(=O)[nH]1)N1CC(c2ncc(Cl)cn2)C1. The van der Waals surface area contributed by atoms with Gasteiger partial charge in [0.05, 0.1) is 30.3 Å². The second-order valence-electron chi connectivity index (χ2n) is 7.60. The zero-order valence-corrected chi connectivity index (χ0v) is 17.0. The van der Waals surface area contributed by atoms with Crippen molar-refractivity contribution in [2.75, 3.05) is 26.3 Å². The molecular weight excluding hydrogens is 394 g/mol. The first kappa shape index (κ1) is 20.1. The Bertz CT molecular complexity index is 921. The Hall–Kier alpha value is -2.20. The van der Waals surface area contributed by atoms with E-state index in [9.17, 15) is 4.79 Å². The van der Waals surface area contributed by atoms with Crippen molar-refractivity contribution in [2.45, 2.75) is 37.8 Å². The molecule has 10 heteroatoms. The lowest BCUT2D eigenvalue weighted by Gasteiger charge is -2.41. The Morgan fingerprint density at radius 3 is 2.69 bits per heavy atom. The minimum atomic E-state index is -0.270. The van der Waals surface area contributed by atoms with Crippen LogP contribution in [-0.4, -0.2) is 63.4 Å². The number of hydrogen-bond donors (Lipinski definition) is 3. The van der Waals surface area contributed by atoms with Crippen molar-refractivity contribution in [2.24, 2.45) is 0 Å². The molecule has 2 fully saturated rings. The highest BCUT2D eigenvalue weighted by Gasteiger charge is 2.35. The van der Waals surface area contributed by atoms with Crippen molar-refractivity contribution >= 4 is 23.6 Å². The molecule has 9 nitrogen and oxygen atoms in total. The van der Waals surface area contributed by atoms with E-state index in [2.05, 4.69) is 19.9 Å². The summed E-state index contributed by atoms with van der Waals surface area (Å²) in [7, 11) is 0. The van der Waals surface area contributed by atoms with Gasteiger partial charge in [-0.1, -0.05) is 11.6 Å². The monoisotopic (exact) mass is 418 g/mol. The van der Waals surface area contributed by atoms with Gasteiger partial charge in [0.2, 0.25) is 5.82 Å². The number of aromatic nitrogens is 4. The van der Waals surface area contributed by atoms with E-state index < -0.39 is 0 Å². The number of nitrogens with one attached hydrogen (secondary N) is 2. The fraction of sp³-hybridized carbons (Fsp3) is 0.526. The number of halogens is 1. The van der Waals surface area contributed by atoms with E-state index in [1.54, 1.807) is 12.4 Å². The van der Waals surface area contributed by atoms with Crippen LogP contribution in [-0.2, 0) is 4.74 Å². The Morgan fingerprint density at radius 2 is 2.03 bits per heavy atom. The number of aromatic amines is 1. The summed E-state index contributed by atoms with van der Waals surface area (Å²) >= 11 is 5.86. The number of rotatable bonds is 6. The number of quaternary nitrogens is 1. The molecule has 0 amide bonds. The van der Waals surface area contributed by atoms with Gasteiger partial charge in [-0.2, -0.15) is 4.98 Å². The summed E-state index contributed by atoms with van der Waals surface area (Å²) in [5.74, 6) is 2.24. The number of H-pyrrole nitrogens is 1. The molecule has 1 atom stereocenters. The normalized spacial score (nSPS) is 19.7. The first-order valence-electron chi connectivity index (χ1n) is 9.84. The summed E-state index contributed by atoms with van der Waals surface area (Å²) in [6.07, 6.45) is 6.13. The zero-order valence-electron chi connectivity index (χ0n) is 16.3. The molecule has 2 aromatic rings. The van der Waals surface area contributed by atoms with Gasteiger partial charge in [-0.3, -0.25) is 15.0 Å². The van der Waals surface area contributed by atoms with Gasteiger partial charge in [-0.15, -0.1) is 0 Å². The van der Waals surface area contributed by atoms with E-state index in [1.807, 2.05) is 12.2 Å². The highest BCUT2D eigenvalue weighted by atomic mass is 35.5. The summed E-state index contributed by atoms with van der Waals surface area (Å²) in [5.41, 5.74) is 0.0387. The molecule has 4 heterocycles. The molecule has 2 aliphatic rings. The number of likely N-dealkylation sites (tertiary alicyclic amines) is 1. The van der Waals surface area contributed by atoms with Gasteiger partial charge in [-0.05, 0) is 6.92 Å². The summed E-state index contributed by atoms with van der Waals surface area (Å²) in [6.45, 7) is 5.04. The lowest BCUT2D eigenvalue weighted by Crippen LogP contribution is -2.86. The highest BCUT2D eigenvalue weighted by Crippen LogP contribution is 2.31. The molecule has 2 aliphatic heterocycles. The van der Waals surface area contributed by atoms with Gasteiger partial charge in [0.25, 0.3) is 5.56 Å². The minimum Gasteiger partial charge on any atom is -0.381 e. The van der Waals surface area contributed by atoms with E-state index >= 15 is 0 Å². The molecule has 0 aromatic carbocycles. The van der Waals surface area contributed by atoms with Gasteiger partial charge < -0.3 is 15.1 Å². The second kappa shape index (κ2) is 8.66. The van der Waals surface area contributed by atoms with Crippen molar-refractivity contribution in [3.63, 3.8) is 0 Å². The second-order valence-corrected chi connectivity index (χ2v) is 8.03. The Kier molecular flexibility index (Phi) is 6.00. The van der Waals surface area contributed by atoms with Crippen LogP contribution in [0.1, 0.15) is 48.9 Å². The molecule has 154 valence electrons. The van der Waals surface area contributed by atoms with Gasteiger partial charge in [0, 0.05) is 50.5 Å². The predicted molar refractivity (Wildman–Crippen MR) is 108 cm³/mol. The predicted octanol–water partition coefficient (Wildman–Crippen LogP) is 0.745. The molecule has 1 unspecified atom stereocenters. The third kappa shape index (κ3) is 4.37. The molecule has 0 aliphatic carbocycles. The largest absolute Gasteiger partial charge is 0.381 e. The molecule has 0 saturated carbocycles. The average Bonchev–Trinajstić information content (AvgIpc) is 2.69. The number of nitrogens with zero attached hydrogens (tertiary/aromatic N) is 4. The molecule has 2 aromatic heterocycles. The van der Waals surface area contributed by atoms with E-state index in [0.29, 0.717) is 28.3 Å². The number of hydrogen-bond acceptors (Lipinski definition) is 7. The van der Waals surface area contributed by atoms with Crippen molar-refractivity contribution in [1.29, 1.82) is 5.41 Å². The van der Waals surface area contributed by atoms with E-state index in [0.717, 1.165) is 51.2 Å². The van der Waals surface area contributed by atoms with Gasteiger partial charge in [0.1, 0.15) is 17.2 Å². The molecule has 4 N–H and O–H groups in total. The quantitative estimate of drug-likeness (QED) is 0.594. The van der Waals surface area contributed by atoms with Crippen LogP contribution in [0.2, 0.25) is 5.02 Å². The van der Waals surface area contributed by atoms with Crippen molar-refractivity contribution in [1.82, 2.24) is 24.8 Å². The highest BCUT2D eigenvalue weighted by molar-refractivity contribution is 6.30. The minimum absolute atomic E-state index is 0.0483. The van der Waals surface area contributed by atoms with Crippen molar-refractivity contribution in [3.8, 4) is 0 Å². The molecule has 2 saturated heterocycles. The summed E-state index contributed by atoms with van der Waals surface area (Å²) < 4.78 is 5.41. The van der Waals surface area contributed by atoms with Crippen molar-refractivity contribution in [3.05, 3.63) is 45.0 Å². The van der Waals surface area contributed by atoms with Crippen LogP contribution >= 0.6 is 11.6 Å². The maximum Gasteiger partial charge on any atom is 0.266 e. The van der Waals surface area contributed by atoms with Crippen LogP contribution in [0.5, 0.6) is 0 Å². The molecular formula is C19H25ClN7O2+. The fourth-order valence-corrected chi connectivity index (χ4v) is 3.88. The lowest BCUT2D eigenvalue weighted by atomic mass is 9.96. The molecule has 0 spiro atoms. The number of nitrogens with two attached hydrogens (primary N) is 1. The summed E-state index contributed by atoms with van der Waals surface area (Å²) in [6, 6.07) is 0.267. The first-order chi connectivity index (χ1) is 14.0. The van der Waals surface area contributed by atoms with E-state index in [1.165, 1.54) is 0 Å². The Balaban J connectivity index is 1.48. The maximum atomic E-state index is 12.5. The van der Waals surface area contributed by atoms with Crippen LogP contribution in [0.25, 0.3) is 0 Å². The lowest BCUT2D eigenvalue weighted by molar-refractivity contribution is -0.619. The topological polar surface area (TPSA) is 124 Å². The van der Waals surface area contributed by atoms with Gasteiger partial charge in [0.15, 0.2) is 0 Å². The fourth-order valence-electron chi connectivity index (χ4n) is 3.79. The Morgan fingerprint density at radius 1 is 1.34 bits per heavy atom. The average molecular weight is 419 g/mol. The molecule has 0 radical (unpaired) electrons. The van der Waals surface area contributed by atoms with Crippen molar-refractivity contribution < 1.29 is 10.1 Å². The van der Waals surface area contributed by atoms with E-state index in [4.69, 9.17) is 26.7 Å². The van der Waals surface area contributed by atoms with Gasteiger partial charge >= 0.3 is 0 Å². The standard InChI is InChI=1S/C19H24ClN7O2/c1-11(27-9-12(10-27)17-22-7-13(20)8-23-17)16-25-18(15(6-21)19(28)26-16)24-14-2-4-29-5-3-14/h6-8,11-12,14,21H,2-5,9-10H2,1H3,(H2,24,25,26,28)/p+1. The van der Waals surface area contributed by atoms with Crippen LogP contribution < -0.4 is 10.9 Å². The Labute approximate surface area is 173 Å². The van der Waals surface area contributed by atoms with Crippen LogP contribution in [0.15, 0.2) is 17.2 Å². The summed E-state index contributed by atoms with van der Waals surface area (Å²) in [5, 5.41) is 10.2. The van der Waals surface area contributed by atoms with Crippen LogP contribution in [0.4, 0.5) is 5.82 Å². The third-order valence-corrected chi connectivity index (χ3v) is 5.86. The molecule has 29 heavy (non-hydrogen) atoms. The molecule has 0 bridgehead atoms. The van der Waals surface area contributed by atoms with Gasteiger partial charge in [-0.25, -0.2) is 9.97 Å². The van der Waals surface area contributed by atoms with E-state index in [-0.39, 0.29) is 17.5 Å². The zero-order chi connectivity index (χ0) is 20.4. The molecule has 4 rings (SSSR count). The maximum absolute atomic E-state index is 12.5. The number of ether oxygens (including phenoxy) is 1. The summed E-state index contributed by atoms with van der Waals surface area (Å²) in [4.78, 5) is 30.9. The van der Waals surface area contributed by atoms with Crippen LogP contribution in [0.3, 0.4) is 0 Å². The smallest absolute Gasteiger partial charge is 0.266 e. The third-order valence-electron chi connectivity index (χ3n) is 5.67.